The Labute approximate surface area is 204 Å². The number of ketones is 1. The smallest absolute Gasteiger partial charge is 0.345 e. The molecule has 0 aliphatic carbocycles. The van der Waals surface area contributed by atoms with E-state index in [2.05, 4.69) is 10.6 Å². The number of Topliss-reactive ketones (excluding diaryl/α,β-unsaturated/α-hetero) is 1. The van der Waals surface area contributed by atoms with Crippen molar-refractivity contribution in [3.8, 4) is 5.75 Å². The van der Waals surface area contributed by atoms with Gasteiger partial charge in [0, 0.05) is 19.2 Å². The van der Waals surface area contributed by atoms with Crippen LogP contribution in [0.5, 0.6) is 5.75 Å². The normalized spacial score (nSPS) is 11.6. The highest BCUT2D eigenvalue weighted by Crippen LogP contribution is 2.23. The molecule has 2 rings (SSSR count). The summed E-state index contributed by atoms with van der Waals surface area (Å²) in [6.07, 6.45) is 0. The summed E-state index contributed by atoms with van der Waals surface area (Å²) in [7, 11) is 3.13. The summed E-state index contributed by atoms with van der Waals surface area (Å²) in [6.45, 7) is 1.81. The van der Waals surface area contributed by atoms with Crippen LogP contribution in [0, 0.1) is 5.41 Å². The lowest BCUT2D eigenvalue weighted by Gasteiger charge is -2.36. The van der Waals surface area contributed by atoms with E-state index in [1.807, 2.05) is 0 Å². The van der Waals surface area contributed by atoms with Crippen LogP contribution in [-0.2, 0) is 0 Å². The molecule has 7 N–H and O–H groups in total. The van der Waals surface area contributed by atoms with Gasteiger partial charge in [-0.2, -0.15) is 0 Å². The minimum atomic E-state index is -1.20. The van der Waals surface area contributed by atoms with E-state index in [9.17, 15) is 14.4 Å². The molecule has 0 heterocycles. The average molecular weight is 499 g/mol. The Bertz CT molecular complexity index is 1000. The zero-order valence-electron chi connectivity index (χ0n) is 18.4. The number of carbonyl (C=O) groups excluding carboxylic acids is 3. The van der Waals surface area contributed by atoms with Gasteiger partial charge in [-0.3, -0.25) is 10.2 Å². The molecular formula is C21H28Cl2N6O4. The quantitative estimate of drug-likeness (QED) is 0.122. The lowest BCUT2D eigenvalue weighted by atomic mass is 9.89. The van der Waals surface area contributed by atoms with Crippen molar-refractivity contribution in [2.24, 2.45) is 11.5 Å². The van der Waals surface area contributed by atoms with E-state index in [-0.39, 0.29) is 54.4 Å². The molecule has 0 aromatic heterocycles. The standard InChI is InChI=1S/C21H26N6O4.2ClH/c1-21(12-25-2,27(3)20(24)30)17(28)13-8-10-14(11-9-13)31-18(29)15-6-4-5-7-16(15)26-19(22)23;;/h4-11,25H,12H2,1-3H3,(H2,24,30)(H4,22,23,26);2*1H. The number of anilines is 1. The van der Waals surface area contributed by atoms with Gasteiger partial charge in [0.1, 0.15) is 11.3 Å². The van der Waals surface area contributed by atoms with Crippen LogP contribution in [0.25, 0.3) is 0 Å². The Morgan fingerprint density at radius 2 is 1.64 bits per heavy atom. The molecule has 0 saturated heterocycles. The number of hydrogen-bond donors (Lipinski definition) is 5. The fourth-order valence-corrected chi connectivity index (χ4v) is 3.00. The lowest BCUT2D eigenvalue weighted by Crippen LogP contribution is -2.59. The molecule has 1 unspecified atom stereocenters. The van der Waals surface area contributed by atoms with Gasteiger partial charge in [0.2, 0.25) is 0 Å². The van der Waals surface area contributed by atoms with Crippen molar-refractivity contribution in [2.45, 2.75) is 12.5 Å². The van der Waals surface area contributed by atoms with Crippen molar-refractivity contribution in [2.75, 3.05) is 26.0 Å². The van der Waals surface area contributed by atoms with Gasteiger partial charge in [-0.25, -0.2) is 9.59 Å². The summed E-state index contributed by atoms with van der Waals surface area (Å²) in [4.78, 5) is 38.4. The molecule has 2 aromatic carbocycles. The number of amides is 2. The molecule has 12 heteroatoms. The zero-order valence-corrected chi connectivity index (χ0v) is 20.0. The summed E-state index contributed by atoms with van der Waals surface area (Å²) >= 11 is 0. The number of nitrogens with one attached hydrogen (secondary N) is 3. The van der Waals surface area contributed by atoms with Gasteiger partial charge >= 0.3 is 12.0 Å². The second kappa shape index (κ2) is 12.6. The molecule has 2 aromatic rings. The number of hydrogen-bond acceptors (Lipinski definition) is 6. The van der Waals surface area contributed by atoms with Crippen LogP contribution in [0.2, 0.25) is 0 Å². The van der Waals surface area contributed by atoms with Crippen molar-refractivity contribution in [1.29, 1.82) is 5.41 Å². The molecule has 0 saturated carbocycles. The third-order valence-electron chi connectivity index (χ3n) is 4.82. The first kappa shape index (κ1) is 29.7. The maximum Gasteiger partial charge on any atom is 0.345 e. The summed E-state index contributed by atoms with van der Waals surface area (Å²) < 4.78 is 5.38. The van der Waals surface area contributed by atoms with E-state index < -0.39 is 17.5 Å². The first-order valence-corrected chi connectivity index (χ1v) is 9.35. The number of urea groups is 1. The average Bonchev–Trinajstić information content (AvgIpc) is 2.73. The molecule has 0 fully saturated rings. The minimum Gasteiger partial charge on any atom is -0.423 e. The SMILES string of the molecule is CNCC(C)(C(=O)c1ccc(OC(=O)c2ccccc2NC(=N)N)cc1)N(C)C(N)=O.Cl.Cl. The topological polar surface area (TPSA) is 164 Å². The number of carbonyl (C=O) groups is 3. The van der Waals surface area contributed by atoms with Crippen molar-refractivity contribution >= 4 is 54.2 Å². The fourth-order valence-electron chi connectivity index (χ4n) is 3.00. The molecule has 0 aliphatic rings. The first-order chi connectivity index (χ1) is 14.6. The van der Waals surface area contributed by atoms with Gasteiger partial charge in [0.15, 0.2) is 11.7 Å². The largest absolute Gasteiger partial charge is 0.423 e. The van der Waals surface area contributed by atoms with E-state index in [1.165, 1.54) is 42.3 Å². The van der Waals surface area contributed by atoms with Crippen LogP contribution in [0.1, 0.15) is 27.6 Å². The molecule has 180 valence electrons. The van der Waals surface area contributed by atoms with Crippen molar-refractivity contribution < 1.29 is 19.1 Å². The number of rotatable bonds is 8. The Kier molecular flexibility index (Phi) is 11.4. The van der Waals surface area contributed by atoms with E-state index >= 15 is 0 Å². The molecule has 33 heavy (non-hydrogen) atoms. The van der Waals surface area contributed by atoms with Crippen LogP contribution in [-0.4, -0.2) is 54.8 Å². The van der Waals surface area contributed by atoms with Crippen molar-refractivity contribution in [3.05, 3.63) is 59.7 Å². The minimum absolute atomic E-state index is 0. The number of esters is 1. The lowest BCUT2D eigenvalue weighted by molar-refractivity contribution is 0.0733. The van der Waals surface area contributed by atoms with Gasteiger partial charge < -0.3 is 31.7 Å². The number of halogens is 2. The number of nitrogens with two attached hydrogens (primary N) is 2. The third kappa shape index (κ3) is 7.07. The van der Waals surface area contributed by atoms with E-state index in [0.717, 1.165) is 0 Å². The van der Waals surface area contributed by atoms with Crippen LogP contribution in [0.3, 0.4) is 0 Å². The van der Waals surface area contributed by atoms with Gasteiger partial charge in [0.25, 0.3) is 0 Å². The number of likely N-dealkylation sites (N-methyl/N-ethyl adjacent to an activating group) is 2. The third-order valence-corrected chi connectivity index (χ3v) is 4.82. The Hall–Kier alpha value is -3.34. The maximum absolute atomic E-state index is 13.1. The Balaban J connectivity index is 0.00000512. The molecule has 0 spiro atoms. The molecule has 0 bridgehead atoms. The molecule has 10 nitrogen and oxygen atoms in total. The molecule has 0 radical (unpaired) electrons. The number of guanidine groups is 1. The van der Waals surface area contributed by atoms with Crippen LogP contribution in [0.4, 0.5) is 10.5 Å². The highest BCUT2D eigenvalue weighted by molar-refractivity contribution is 6.05. The molecule has 0 aliphatic heterocycles. The maximum atomic E-state index is 13.1. The Morgan fingerprint density at radius 3 is 2.15 bits per heavy atom. The highest BCUT2D eigenvalue weighted by atomic mass is 35.5. The van der Waals surface area contributed by atoms with Gasteiger partial charge in [-0.05, 0) is 50.4 Å². The molecular weight excluding hydrogens is 471 g/mol. The number of ether oxygens (including phenoxy) is 1. The highest BCUT2D eigenvalue weighted by Gasteiger charge is 2.39. The van der Waals surface area contributed by atoms with E-state index in [0.29, 0.717) is 11.3 Å². The predicted molar refractivity (Wildman–Crippen MR) is 132 cm³/mol. The van der Waals surface area contributed by atoms with Gasteiger partial charge in [-0.15, -0.1) is 24.8 Å². The second-order valence-corrected chi connectivity index (χ2v) is 7.03. The molecule has 1 atom stereocenters. The summed E-state index contributed by atoms with van der Waals surface area (Å²) in [6, 6.07) is 11.7. The van der Waals surface area contributed by atoms with Crippen LogP contribution in [0.15, 0.2) is 48.5 Å². The summed E-state index contributed by atoms with van der Waals surface area (Å²) in [5.41, 5.74) is 10.4. The first-order valence-electron chi connectivity index (χ1n) is 9.35. The number of nitrogens with zero attached hydrogens (tertiary/aromatic N) is 1. The van der Waals surface area contributed by atoms with Crippen molar-refractivity contribution in [1.82, 2.24) is 10.2 Å². The summed E-state index contributed by atoms with van der Waals surface area (Å²) in [5, 5.41) is 12.8. The van der Waals surface area contributed by atoms with Crippen LogP contribution >= 0.6 is 24.8 Å². The Morgan fingerprint density at radius 1 is 1.06 bits per heavy atom. The zero-order chi connectivity index (χ0) is 23.2. The number of benzene rings is 2. The second-order valence-electron chi connectivity index (χ2n) is 7.03. The van der Waals surface area contributed by atoms with Gasteiger partial charge in [0.05, 0.1) is 11.3 Å². The number of primary amides is 1. The van der Waals surface area contributed by atoms with Crippen LogP contribution < -0.4 is 26.8 Å². The van der Waals surface area contributed by atoms with E-state index in [4.69, 9.17) is 21.6 Å². The monoisotopic (exact) mass is 498 g/mol. The van der Waals surface area contributed by atoms with Crippen molar-refractivity contribution in [3.63, 3.8) is 0 Å². The predicted octanol–water partition coefficient (Wildman–Crippen LogP) is 2.23. The molecule has 2 amide bonds. The fraction of sp³-hybridized carbons (Fsp3) is 0.238. The van der Waals surface area contributed by atoms with E-state index in [1.54, 1.807) is 32.2 Å². The van der Waals surface area contributed by atoms with Gasteiger partial charge in [-0.1, -0.05) is 12.1 Å². The number of para-hydroxylation sites is 1. The summed E-state index contributed by atoms with van der Waals surface area (Å²) in [5.74, 6) is -1.07.